The maximum Gasteiger partial charge on any atom is 0.266 e. The quantitative estimate of drug-likeness (QED) is 0.703. The van der Waals surface area contributed by atoms with Crippen molar-refractivity contribution in [2.24, 2.45) is 0 Å². The summed E-state index contributed by atoms with van der Waals surface area (Å²) in [7, 11) is 0. The normalized spacial score (nSPS) is 11.7. The molecule has 0 spiro atoms. The third-order valence-electron chi connectivity index (χ3n) is 3.59. The summed E-state index contributed by atoms with van der Waals surface area (Å²) in [5, 5.41) is 12.3. The number of carbonyl (C=O) groups is 1. The number of hydrogen-bond donors (Lipinski definition) is 1. The molecule has 1 amide bonds. The van der Waals surface area contributed by atoms with Crippen LogP contribution in [0.5, 0.6) is 5.75 Å². The third kappa shape index (κ3) is 5.12. The lowest BCUT2D eigenvalue weighted by Gasteiger charge is -2.13. The average molecular weight is 353 g/mol. The predicted molar refractivity (Wildman–Crippen MR) is 98.9 cm³/mol. The highest BCUT2D eigenvalue weighted by molar-refractivity contribution is 7.15. The van der Waals surface area contributed by atoms with Crippen LogP contribution < -0.4 is 10.1 Å². The number of nitrogens with zero attached hydrogens (tertiary/aromatic N) is 2. The van der Waals surface area contributed by atoms with Gasteiger partial charge in [0, 0.05) is 6.42 Å². The summed E-state index contributed by atoms with van der Waals surface area (Å²) < 4.78 is 5.60. The van der Waals surface area contributed by atoms with E-state index in [9.17, 15) is 4.79 Å². The van der Waals surface area contributed by atoms with Gasteiger partial charge in [-0.25, -0.2) is 0 Å². The van der Waals surface area contributed by atoms with E-state index in [1.54, 1.807) is 6.92 Å². The molecule has 3 rings (SSSR count). The van der Waals surface area contributed by atoms with Crippen LogP contribution in [0.15, 0.2) is 60.7 Å². The minimum Gasteiger partial charge on any atom is -0.481 e. The van der Waals surface area contributed by atoms with E-state index in [0.29, 0.717) is 10.9 Å². The molecule has 1 heterocycles. The zero-order valence-electron chi connectivity index (χ0n) is 13.9. The summed E-state index contributed by atoms with van der Waals surface area (Å²) in [5.41, 5.74) is 1.26. The number of para-hydroxylation sites is 1. The number of aryl methyl sites for hydroxylation is 2. The van der Waals surface area contributed by atoms with E-state index in [-0.39, 0.29) is 5.91 Å². The van der Waals surface area contributed by atoms with Gasteiger partial charge in [-0.3, -0.25) is 10.1 Å². The van der Waals surface area contributed by atoms with Crippen molar-refractivity contribution in [3.8, 4) is 5.75 Å². The highest BCUT2D eigenvalue weighted by Crippen LogP contribution is 2.18. The van der Waals surface area contributed by atoms with E-state index < -0.39 is 6.10 Å². The number of aromatic nitrogens is 2. The van der Waals surface area contributed by atoms with E-state index in [1.165, 1.54) is 16.9 Å². The zero-order chi connectivity index (χ0) is 17.5. The molecule has 0 aliphatic heterocycles. The number of amides is 1. The summed E-state index contributed by atoms with van der Waals surface area (Å²) in [5.74, 6) is 0.417. The molecular weight excluding hydrogens is 334 g/mol. The van der Waals surface area contributed by atoms with Crippen LogP contribution in [0.2, 0.25) is 0 Å². The number of ether oxygens (including phenoxy) is 1. The van der Waals surface area contributed by atoms with Gasteiger partial charge < -0.3 is 4.74 Å². The molecule has 1 atom stereocenters. The second-order valence-electron chi connectivity index (χ2n) is 5.55. The topological polar surface area (TPSA) is 64.1 Å². The number of nitrogens with one attached hydrogen (secondary N) is 1. The number of rotatable bonds is 7. The van der Waals surface area contributed by atoms with Crippen LogP contribution in [0.25, 0.3) is 0 Å². The maximum absolute atomic E-state index is 12.2. The molecule has 6 heteroatoms. The van der Waals surface area contributed by atoms with Crippen molar-refractivity contribution in [2.75, 3.05) is 5.32 Å². The Morgan fingerprint density at radius 3 is 2.44 bits per heavy atom. The molecule has 0 saturated carbocycles. The average Bonchev–Trinajstić information content (AvgIpc) is 3.09. The Kier molecular flexibility index (Phi) is 5.74. The highest BCUT2D eigenvalue weighted by atomic mass is 32.1. The van der Waals surface area contributed by atoms with Gasteiger partial charge in [-0.05, 0) is 31.0 Å². The molecule has 0 fully saturated rings. The van der Waals surface area contributed by atoms with Gasteiger partial charge >= 0.3 is 0 Å². The molecule has 0 saturated heterocycles. The monoisotopic (exact) mass is 353 g/mol. The smallest absolute Gasteiger partial charge is 0.266 e. The molecule has 5 nitrogen and oxygen atoms in total. The Morgan fingerprint density at radius 2 is 1.72 bits per heavy atom. The number of carbonyl (C=O) groups excluding carboxylic acids is 1. The Morgan fingerprint density at radius 1 is 1.04 bits per heavy atom. The number of anilines is 1. The number of benzene rings is 2. The van der Waals surface area contributed by atoms with E-state index in [0.717, 1.165) is 17.8 Å². The van der Waals surface area contributed by atoms with Crippen molar-refractivity contribution in [3.05, 3.63) is 71.2 Å². The maximum atomic E-state index is 12.2. The minimum atomic E-state index is -0.612. The largest absolute Gasteiger partial charge is 0.481 e. The SMILES string of the molecule is CC(Oc1ccccc1)C(=O)Nc1nnc(CCc2ccccc2)s1. The van der Waals surface area contributed by atoms with Gasteiger partial charge in [0.2, 0.25) is 5.13 Å². The first-order valence-electron chi connectivity index (χ1n) is 8.09. The summed E-state index contributed by atoms with van der Waals surface area (Å²) in [4.78, 5) is 12.2. The molecule has 2 aromatic carbocycles. The molecule has 1 N–H and O–H groups in total. The molecule has 0 aliphatic carbocycles. The van der Waals surface area contributed by atoms with Crippen LogP contribution in [0.3, 0.4) is 0 Å². The van der Waals surface area contributed by atoms with Crippen LogP contribution >= 0.6 is 11.3 Å². The number of hydrogen-bond acceptors (Lipinski definition) is 5. The Hall–Kier alpha value is -2.73. The fraction of sp³-hybridized carbons (Fsp3) is 0.211. The Balaban J connectivity index is 1.51. The standard InChI is InChI=1S/C19H19N3O2S/c1-14(24-16-10-6-3-7-11-16)18(23)20-19-22-21-17(25-19)13-12-15-8-4-2-5-9-15/h2-11,14H,12-13H2,1H3,(H,20,22,23). The van der Waals surface area contributed by atoms with Crippen molar-refractivity contribution in [3.63, 3.8) is 0 Å². The van der Waals surface area contributed by atoms with E-state index >= 15 is 0 Å². The van der Waals surface area contributed by atoms with Gasteiger partial charge in [-0.2, -0.15) is 0 Å². The fourth-order valence-electron chi connectivity index (χ4n) is 2.26. The molecule has 25 heavy (non-hydrogen) atoms. The molecule has 0 aliphatic rings. The van der Waals surface area contributed by atoms with E-state index in [1.807, 2.05) is 48.5 Å². The second-order valence-corrected chi connectivity index (χ2v) is 6.61. The Labute approximate surface area is 150 Å². The molecule has 1 unspecified atom stereocenters. The van der Waals surface area contributed by atoms with Gasteiger partial charge in [0.1, 0.15) is 10.8 Å². The first-order valence-corrected chi connectivity index (χ1v) is 8.91. The van der Waals surface area contributed by atoms with Crippen LogP contribution in [0.1, 0.15) is 17.5 Å². The molecule has 128 valence electrons. The minimum absolute atomic E-state index is 0.241. The summed E-state index contributed by atoms with van der Waals surface area (Å²) in [6.45, 7) is 1.71. The Bertz CT molecular complexity index is 806. The lowest BCUT2D eigenvalue weighted by Crippen LogP contribution is -2.30. The van der Waals surface area contributed by atoms with Gasteiger partial charge in [0.25, 0.3) is 5.91 Å². The fourth-order valence-corrected chi connectivity index (χ4v) is 3.01. The molecule has 0 radical (unpaired) electrons. The molecule has 0 bridgehead atoms. The van der Waals surface area contributed by atoms with E-state index in [2.05, 4.69) is 27.6 Å². The zero-order valence-corrected chi connectivity index (χ0v) is 14.7. The van der Waals surface area contributed by atoms with Crippen LogP contribution in [-0.4, -0.2) is 22.2 Å². The van der Waals surface area contributed by atoms with Gasteiger partial charge in [-0.1, -0.05) is 59.9 Å². The summed E-state index contributed by atoms with van der Waals surface area (Å²) in [6, 6.07) is 19.5. The van der Waals surface area contributed by atoms with Crippen molar-refractivity contribution in [1.29, 1.82) is 0 Å². The van der Waals surface area contributed by atoms with Crippen molar-refractivity contribution < 1.29 is 9.53 Å². The predicted octanol–water partition coefficient (Wildman–Crippen LogP) is 3.73. The van der Waals surface area contributed by atoms with Crippen LogP contribution in [0.4, 0.5) is 5.13 Å². The van der Waals surface area contributed by atoms with Crippen molar-refractivity contribution >= 4 is 22.4 Å². The van der Waals surface area contributed by atoms with Crippen molar-refractivity contribution in [2.45, 2.75) is 25.9 Å². The van der Waals surface area contributed by atoms with Gasteiger partial charge in [-0.15, -0.1) is 10.2 Å². The molecule has 3 aromatic rings. The lowest BCUT2D eigenvalue weighted by molar-refractivity contribution is -0.122. The van der Waals surface area contributed by atoms with Crippen LogP contribution in [-0.2, 0) is 17.6 Å². The van der Waals surface area contributed by atoms with Gasteiger partial charge in [0.05, 0.1) is 0 Å². The van der Waals surface area contributed by atoms with Crippen LogP contribution in [0, 0.1) is 0 Å². The summed E-state index contributed by atoms with van der Waals surface area (Å²) >= 11 is 1.39. The van der Waals surface area contributed by atoms with Gasteiger partial charge in [0.15, 0.2) is 6.10 Å². The first kappa shape index (κ1) is 17.1. The lowest BCUT2D eigenvalue weighted by atomic mass is 10.1. The second kappa shape index (κ2) is 8.39. The summed E-state index contributed by atoms with van der Waals surface area (Å²) in [6.07, 6.45) is 1.09. The third-order valence-corrected chi connectivity index (χ3v) is 4.49. The molecular formula is C19H19N3O2S. The van der Waals surface area contributed by atoms with Crippen molar-refractivity contribution in [1.82, 2.24) is 10.2 Å². The highest BCUT2D eigenvalue weighted by Gasteiger charge is 2.16. The van der Waals surface area contributed by atoms with E-state index in [4.69, 9.17) is 4.74 Å². The first-order chi connectivity index (χ1) is 12.2. The molecule has 1 aromatic heterocycles.